The van der Waals surface area contributed by atoms with Crippen molar-refractivity contribution in [3.8, 4) is 17.2 Å². The number of nitrogens with one attached hydrogen (secondary N) is 1. The number of halogens is 1. The zero-order chi connectivity index (χ0) is 14.5. The maximum absolute atomic E-state index is 5.50. The molecule has 2 aromatic carbocycles. The van der Waals surface area contributed by atoms with Crippen molar-refractivity contribution in [1.29, 1.82) is 0 Å². The summed E-state index contributed by atoms with van der Waals surface area (Å²) < 4.78 is 16.2. The molecule has 0 radical (unpaired) electrons. The Kier molecular flexibility index (Phi) is 5.92. The van der Waals surface area contributed by atoms with Gasteiger partial charge >= 0.3 is 0 Å². The fraction of sp³-hybridized carbons (Fsp3) is 0.294. The van der Waals surface area contributed by atoms with Gasteiger partial charge in [0.05, 0.1) is 6.61 Å². The highest BCUT2D eigenvalue weighted by atomic mass is 35.5. The smallest absolute Gasteiger partial charge is 0.231 e. The number of benzene rings is 2. The number of hydrogen-bond donors (Lipinski definition) is 1. The summed E-state index contributed by atoms with van der Waals surface area (Å²) in [5.74, 6) is 2.57. The van der Waals surface area contributed by atoms with Gasteiger partial charge in [-0.05, 0) is 42.3 Å². The van der Waals surface area contributed by atoms with E-state index in [2.05, 4.69) is 23.5 Å². The van der Waals surface area contributed by atoms with Gasteiger partial charge in [-0.3, -0.25) is 0 Å². The monoisotopic (exact) mass is 320 g/mol. The highest BCUT2D eigenvalue weighted by molar-refractivity contribution is 5.44. The molecule has 0 unspecified atom stereocenters. The van der Waals surface area contributed by atoms with Crippen molar-refractivity contribution in [2.45, 2.75) is 20.0 Å². The number of hydrogen-bond acceptors (Lipinski definition) is 4. The highest BCUT2D eigenvalue weighted by Crippen LogP contribution is 2.32. The first-order chi connectivity index (χ1) is 10.3. The summed E-state index contributed by atoms with van der Waals surface area (Å²) in [5.41, 5.74) is 2.39. The van der Waals surface area contributed by atoms with Gasteiger partial charge in [0.1, 0.15) is 5.75 Å². The highest BCUT2D eigenvalue weighted by Gasteiger charge is 2.12. The van der Waals surface area contributed by atoms with E-state index in [9.17, 15) is 0 Å². The SMILES string of the molecule is CCOc1cccc(CNCc2ccc3c(c2)OCO3)c1.[Cl-]. The summed E-state index contributed by atoms with van der Waals surface area (Å²) in [6.07, 6.45) is 0. The van der Waals surface area contributed by atoms with Crippen LogP contribution in [0.25, 0.3) is 0 Å². The van der Waals surface area contributed by atoms with Crippen LogP contribution < -0.4 is 31.9 Å². The molecule has 0 saturated carbocycles. The van der Waals surface area contributed by atoms with Crippen LogP contribution in [0, 0.1) is 0 Å². The summed E-state index contributed by atoms with van der Waals surface area (Å²) in [6.45, 7) is 4.58. The van der Waals surface area contributed by atoms with Crippen LogP contribution in [0.1, 0.15) is 18.1 Å². The lowest BCUT2D eigenvalue weighted by molar-refractivity contribution is -0.00000643. The fourth-order valence-corrected chi connectivity index (χ4v) is 2.31. The molecule has 1 N–H and O–H groups in total. The van der Waals surface area contributed by atoms with Gasteiger partial charge in [-0.25, -0.2) is 0 Å². The largest absolute Gasteiger partial charge is 1.00 e. The van der Waals surface area contributed by atoms with Crippen LogP contribution >= 0.6 is 0 Å². The molecule has 0 atom stereocenters. The second kappa shape index (κ2) is 7.92. The molecule has 1 heterocycles. The predicted octanol–water partition coefficient (Wildman–Crippen LogP) is 0.108. The predicted molar refractivity (Wildman–Crippen MR) is 80.7 cm³/mol. The third-order valence-corrected chi connectivity index (χ3v) is 3.30. The van der Waals surface area contributed by atoms with Crippen LogP contribution in [-0.4, -0.2) is 13.4 Å². The number of rotatable bonds is 6. The Morgan fingerprint density at radius 1 is 1.00 bits per heavy atom. The average Bonchev–Trinajstić information content (AvgIpc) is 2.96. The maximum atomic E-state index is 5.50. The van der Waals surface area contributed by atoms with Crippen molar-refractivity contribution in [2.24, 2.45) is 0 Å². The topological polar surface area (TPSA) is 39.7 Å². The molecule has 22 heavy (non-hydrogen) atoms. The van der Waals surface area contributed by atoms with Gasteiger partial charge in [0.2, 0.25) is 6.79 Å². The van der Waals surface area contributed by atoms with Gasteiger partial charge in [-0.1, -0.05) is 18.2 Å². The zero-order valence-corrected chi connectivity index (χ0v) is 13.2. The van der Waals surface area contributed by atoms with E-state index in [0.29, 0.717) is 13.4 Å². The molecule has 1 aliphatic rings. The Labute approximate surface area is 136 Å². The van der Waals surface area contributed by atoms with Crippen LogP contribution in [-0.2, 0) is 13.1 Å². The molecular formula is C17H19ClNO3-. The van der Waals surface area contributed by atoms with E-state index in [1.54, 1.807) is 0 Å². The van der Waals surface area contributed by atoms with Crippen molar-refractivity contribution < 1.29 is 26.6 Å². The van der Waals surface area contributed by atoms with Gasteiger partial charge in [-0.15, -0.1) is 0 Å². The van der Waals surface area contributed by atoms with Crippen molar-refractivity contribution >= 4 is 0 Å². The molecule has 0 bridgehead atoms. The van der Waals surface area contributed by atoms with Gasteiger partial charge < -0.3 is 31.9 Å². The quantitative estimate of drug-likeness (QED) is 0.820. The first-order valence-corrected chi connectivity index (χ1v) is 7.16. The van der Waals surface area contributed by atoms with Crippen molar-refractivity contribution in [2.75, 3.05) is 13.4 Å². The van der Waals surface area contributed by atoms with E-state index in [1.165, 1.54) is 11.1 Å². The minimum absolute atomic E-state index is 0. The summed E-state index contributed by atoms with van der Waals surface area (Å²) >= 11 is 0. The number of ether oxygens (including phenoxy) is 3. The molecule has 0 aliphatic carbocycles. The third kappa shape index (κ3) is 4.06. The summed E-state index contributed by atoms with van der Waals surface area (Å²) in [5, 5.41) is 3.43. The molecule has 4 nitrogen and oxygen atoms in total. The van der Waals surface area contributed by atoms with Crippen LogP contribution in [0.4, 0.5) is 0 Å². The van der Waals surface area contributed by atoms with Gasteiger partial charge in [0, 0.05) is 13.1 Å². The first kappa shape index (κ1) is 16.5. The standard InChI is InChI=1S/C17H19NO3.ClH/c1-2-19-15-5-3-4-13(8-15)10-18-11-14-6-7-16-17(9-14)21-12-20-16;/h3-9,18H,2,10-12H2,1H3;1H/p-1. The Hall–Kier alpha value is -1.91. The van der Waals surface area contributed by atoms with Crippen LogP contribution in [0.3, 0.4) is 0 Å². The van der Waals surface area contributed by atoms with Crippen LogP contribution in [0.5, 0.6) is 17.2 Å². The van der Waals surface area contributed by atoms with E-state index in [-0.39, 0.29) is 12.4 Å². The molecule has 0 aromatic heterocycles. The first-order valence-electron chi connectivity index (χ1n) is 7.16. The fourth-order valence-electron chi connectivity index (χ4n) is 2.31. The van der Waals surface area contributed by atoms with E-state index in [4.69, 9.17) is 14.2 Å². The average molecular weight is 321 g/mol. The number of fused-ring (bicyclic) bond motifs is 1. The van der Waals surface area contributed by atoms with E-state index >= 15 is 0 Å². The summed E-state index contributed by atoms with van der Waals surface area (Å²) in [7, 11) is 0. The van der Waals surface area contributed by atoms with Gasteiger partial charge in [0.15, 0.2) is 11.5 Å². The van der Waals surface area contributed by atoms with Crippen molar-refractivity contribution in [1.82, 2.24) is 5.32 Å². The lowest BCUT2D eigenvalue weighted by Crippen LogP contribution is -3.00. The Balaban J connectivity index is 0.00000176. The molecule has 0 fully saturated rings. The van der Waals surface area contributed by atoms with Crippen molar-refractivity contribution in [3.63, 3.8) is 0 Å². The van der Waals surface area contributed by atoms with Crippen LogP contribution in [0.15, 0.2) is 42.5 Å². The second-order valence-electron chi connectivity index (χ2n) is 4.87. The summed E-state index contributed by atoms with van der Waals surface area (Å²) in [4.78, 5) is 0. The molecular weight excluding hydrogens is 302 g/mol. The summed E-state index contributed by atoms with van der Waals surface area (Å²) in [6, 6.07) is 14.2. The Morgan fingerprint density at radius 3 is 2.59 bits per heavy atom. The molecule has 118 valence electrons. The van der Waals surface area contributed by atoms with E-state index in [0.717, 1.165) is 30.3 Å². The second-order valence-corrected chi connectivity index (χ2v) is 4.87. The normalized spacial score (nSPS) is 11.9. The zero-order valence-electron chi connectivity index (χ0n) is 12.5. The lowest BCUT2D eigenvalue weighted by atomic mass is 10.2. The molecule has 0 spiro atoms. The molecule has 1 aliphatic heterocycles. The minimum Gasteiger partial charge on any atom is -1.00 e. The minimum atomic E-state index is 0. The van der Waals surface area contributed by atoms with E-state index in [1.807, 2.05) is 31.2 Å². The van der Waals surface area contributed by atoms with Gasteiger partial charge in [-0.2, -0.15) is 0 Å². The Bertz CT molecular complexity index is 619. The van der Waals surface area contributed by atoms with Crippen molar-refractivity contribution in [3.05, 3.63) is 53.6 Å². The van der Waals surface area contributed by atoms with Crippen LogP contribution in [0.2, 0.25) is 0 Å². The lowest BCUT2D eigenvalue weighted by Gasteiger charge is -2.08. The third-order valence-electron chi connectivity index (χ3n) is 3.30. The van der Waals surface area contributed by atoms with E-state index < -0.39 is 0 Å². The van der Waals surface area contributed by atoms with Gasteiger partial charge in [0.25, 0.3) is 0 Å². The molecule has 5 heteroatoms. The molecule has 0 amide bonds. The Morgan fingerprint density at radius 2 is 1.77 bits per heavy atom. The molecule has 0 saturated heterocycles. The molecule has 2 aromatic rings. The maximum Gasteiger partial charge on any atom is 0.231 e. The molecule has 3 rings (SSSR count).